The van der Waals surface area contributed by atoms with Gasteiger partial charge in [-0.15, -0.1) is 0 Å². The van der Waals surface area contributed by atoms with E-state index in [9.17, 15) is 4.79 Å². The van der Waals surface area contributed by atoms with E-state index < -0.39 is 0 Å². The minimum Gasteiger partial charge on any atom is -0.325 e. The van der Waals surface area contributed by atoms with E-state index in [4.69, 9.17) is 11.6 Å². The standard InChI is InChI=1S/C14H14ClN3O/c1-10-14(15)12(6-9-17-10)18-13(19)3-2-11-4-7-16-8-5-11/h4-9H,2-3H2,1H3,(H,17,18,19). The summed E-state index contributed by atoms with van der Waals surface area (Å²) < 4.78 is 0. The van der Waals surface area contributed by atoms with Crippen LogP contribution >= 0.6 is 11.6 Å². The zero-order valence-corrected chi connectivity index (χ0v) is 11.3. The van der Waals surface area contributed by atoms with Gasteiger partial charge in [0.25, 0.3) is 0 Å². The van der Waals surface area contributed by atoms with Gasteiger partial charge in [0, 0.05) is 25.0 Å². The number of halogens is 1. The van der Waals surface area contributed by atoms with E-state index in [2.05, 4.69) is 15.3 Å². The Bertz CT molecular complexity index is 572. The van der Waals surface area contributed by atoms with Crippen LogP contribution in [0.15, 0.2) is 36.8 Å². The maximum Gasteiger partial charge on any atom is 0.224 e. The summed E-state index contributed by atoms with van der Waals surface area (Å²) in [6.45, 7) is 1.80. The van der Waals surface area contributed by atoms with Crippen LogP contribution in [0.1, 0.15) is 17.7 Å². The Hall–Kier alpha value is -1.94. The number of aryl methyl sites for hydroxylation is 2. The van der Waals surface area contributed by atoms with Gasteiger partial charge in [0.2, 0.25) is 5.91 Å². The van der Waals surface area contributed by atoms with Crippen LogP contribution in [0.4, 0.5) is 5.69 Å². The van der Waals surface area contributed by atoms with Gasteiger partial charge in [-0.3, -0.25) is 14.8 Å². The van der Waals surface area contributed by atoms with E-state index in [0.29, 0.717) is 29.2 Å². The third kappa shape index (κ3) is 3.76. The first-order valence-electron chi connectivity index (χ1n) is 5.96. The van der Waals surface area contributed by atoms with Crippen molar-refractivity contribution in [2.24, 2.45) is 0 Å². The van der Waals surface area contributed by atoms with Crippen molar-refractivity contribution in [3.63, 3.8) is 0 Å². The molecule has 4 nitrogen and oxygen atoms in total. The molecule has 0 aromatic carbocycles. The van der Waals surface area contributed by atoms with Gasteiger partial charge >= 0.3 is 0 Å². The average Bonchev–Trinajstić information content (AvgIpc) is 2.43. The molecule has 2 rings (SSSR count). The molecule has 0 fully saturated rings. The van der Waals surface area contributed by atoms with Gasteiger partial charge in [-0.25, -0.2) is 0 Å². The van der Waals surface area contributed by atoms with E-state index in [-0.39, 0.29) is 5.91 Å². The molecule has 0 spiro atoms. The van der Waals surface area contributed by atoms with Crippen molar-refractivity contribution in [1.82, 2.24) is 9.97 Å². The van der Waals surface area contributed by atoms with E-state index in [1.807, 2.05) is 12.1 Å². The maximum atomic E-state index is 11.8. The van der Waals surface area contributed by atoms with Crippen LogP contribution in [0.2, 0.25) is 5.02 Å². The second-order valence-corrected chi connectivity index (χ2v) is 4.54. The molecular formula is C14H14ClN3O. The SMILES string of the molecule is Cc1nccc(NC(=O)CCc2ccncc2)c1Cl. The van der Waals surface area contributed by atoms with E-state index in [1.165, 1.54) is 0 Å². The fraction of sp³-hybridized carbons (Fsp3) is 0.214. The number of carbonyl (C=O) groups is 1. The molecule has 98 valence electrons. The molecule has 0 bridgehead atoms. The fourth-order valence-electron chi connectivity index (χ4n) is 1.66. The Morgan fingerprint density at radius 3 is 2.74 bits per heavy atom. The average molecular weight is 276 g/mol. The minimum atomic E-state index is -0.0655. The number of pyridine rings is 2. The summed E-state index contributed by atoms with van der Waals surface area (Å²) in [4.78, 5) is 19.8. The number of carbonyl (C=O) groups excluding carboxylic acids is 1. The number of amides is 1. The normalized spacial score (nSPS) is 10.2. The highest BCUT2D eigenvalue weighted by Crippen LogP contribution is 2.23. The first kappa shape index (κ1) is 13.5. The summed E-state index contributed by atoms with van der Waals surface area (Å²) in [5, 5.41) is 3.28. The van der Waals surface area contributed by atoms with Crippen molar-refractivity contribution in [3.8, 4) is 0 Å². The minimum absolute atomic E-state index is 0.0655. The largest absolute Gasteiger partial charge is 0.325 e. The molecule has 5 heteroatoms. The van der Waals surface area contributed by atoms with E-state index >= 15 is 0 Å². The van der Waals surface area contributed by atoms with Gasteiger partial charge < -0.3 is 5.32 Å². The Morgan fingerprint density at radius 2 is 2.00 bits per heavy atom. The first-order valence-corrected chi connectivity index (χ1v) is 6.34. The van der Waals surface area contributed by atoms with Gasteiger partial charge in [-0.1, -0.05) is 11.6 Å². The molecule has 0 aliphatic heterocycles. The Kier molecular flexibility index (Phi) is 4.47. The van der Waals surface area contributed by atoms with Crippen molar-refractivity contribution in [1.29, 1.82) is 0 Å². The fourth-order valence-corrected chi connectivity index (χ4v) is 1.82. The third-order valence-corrected chi connectivity index (χ3v) is 3.20. The lowest BCUT2D eigenvalue weighted by molar-refractivity contribution is -0.116. The molecule has 2 aromatic rings. The molecule has 0 radical (unpaired) electrons. The number of nitrogens with zero attached hydrogens (tertiary/aromatic N) is 2. The molecule has 0 atom stereocenters. The lowest BCUT2D eigenvalue weighted by Gasteiger charge is -2.08. The monoisotopic (exact) mass is 275 g/mol. The summed E-state index contributed by atoms with van der Waals surface area (Å²) in [6.07, 6.45) is 6.14. The van der Waals surface area contributed by atoms with Gasteiger partial charge in [0.15, 0.2) is 0 Å². The molecule has 0 aliphatic carbocycles. The highest BCUT2D eigenvalue weighted by atomic mass is 35.5. The second-order valence-electron chi connectivity index (χ2n) is 4.16. The molecule has 0 unspecified atom stereocenters. The summed E-state index contributed by atoms with van der Waals surface area (Å²) >= 11 is 6.07. The molecular weight excluding hydrogens is 262 g/mol. The Balaban J connectivity index is 1.93. The van der Waals surface area contributed by atoms with Crippen molar-refractivity contribution >= 4 is 23.2 Å². The quantitative estimate of drug-likeness (QED) is 0.933. The zero-order chi connectivity index (χ0) is 13.7. The maximum absolute atomic E-state index is 11.8. The van der Waals surface area contributed by atoms with E-state index in [1.54, 1.807) is 31.6 Å². The van der Waals surface area contributed by atoms with Crippen LogP contribution in [-0.2, 0) is 11.2 Å². The number of rotatable bonds is 4. The van der Waals surface area contributed by atoms with Crippen LogP contribution in [0.25, 0.3) is 0 Å². The highest BCUT2D eigenvalue weighted by molar-refractivity contribution is 6.34. The molecule has 0 saturated carbocycles. The van der Waals surface area contributed by atoms with Crippen LogP contribution in [0, 0.1) is 6.92 Å². The van der Waals surface area contributed by atoms with Crippen molar-refractivity contribution in [2.75, 3.05) is 5.32 Å². The number of nitrogens with one attached hydrogen (secondary N) is 1. The smallest absolute Gasteiger partial charge is 0.224 e. The number of anilines is 1. The molecule has 1 N–H and O–H groups in total. The van der Waals surface area contributed by atoms with Gasteiger partial charge in [0.1, 0.15) is 0 Å². The predicted molar refractivity (Wildman–Crippen MR) is 75.2 cm³/mol. The number of hydrogen-bond acceptors (Lipinski definition) is 3. The van der Waals surface area contributed by atoms with Gasteiger partial charge in [0.05, 0.1) is 16.4 Å². The van der Waals surface area contributed by atoms with Crippen molar-refractivity contribution < 1.29 is 4.79 Å². The molecule has 2 heterocycles. The van der Waals surface area contributed by atoms with Gasteiger partial charge in [-0.05, 0) is 37.1 Å². The molecule has 2 aromatic heterocycles. The number of aromatic nitrogens is 2. The third-order valence-electron chi connectivity index (χ3n) is 2.73. The molecule has 19 heavy (non-hydrogen) atoms. The van der Waals surface area contributed by atoms with Crippen LogP contribution < -0.4 is 5.32 Å². The molecule has 0 saturated heterocycles. The van der Waals surface area contributed by atoms with Crippen molar-refractivity contribution in [2.45, 2.75) is 19.8 Å². The lowest BCUT2D eigenvalue weighted by atomic mass is 10.1. The van der Waals surface area contributed by atoms with Crippen LogP contribution in [-0.4, -0.2) is 15.9 Å². The second kappa shape index (κ2) is 6.29. The highest BCUT2D eigenvalue weighted by Gasteiger charge is 2.08. The van der Waals surface area contributed by atoms with Crippen LogP contribution in [0.5, 0.6) is 0 Å². The topological polar surface area (TPSA) is 54.9 Å². The molecule has 1 amide bonds. The lowest BCUT2D eigenvalue weighted by Crippen LogP contribution is -2.13. The number of hydrogen-bond donors (Lipinski definition) is 1. The summed E-state index contributed by atoms with van der Waals surface area (Å²) in [7, 11) is 0. The summed E-state index contributed by atoms with van der Waals surface area (Å²) in [5.41, 5.74) is 2.39. The van der Waals surface area contributed by atoms with Gasteiger partial charge in [-0.2, -0.15) is 0 Å². The Morgan fingerprint density at radius 1 is 1.26 bits per heavy atom. The predicted octanol–water partition coefficient (Wildman–Crippen LogP) is 3.01. The molecule has 0 aliphatic rings. The van der Waals surface area contributed by atoms with E-state index in [0.717, 1.165) is 5.56 Å². The summed E-state index contributed by atoms with van der Waals surface area (Å²) in [5.74, 6) is -0.0655. The zero-order valence-electron chi connectivity index (χ0n) is 10.6. The summed E-state index contributed by atoms with van der Waals surface area (Å²) in [6, 6.07) is 5.49. The van der Waals surface area contributed by atoms with Crippen LogP contribution in [0.3, 0.4) is 0 Å². The Labute approximate surface area is 116 Å². The first-order chi connectivity index (χ1) is 9.16. The van der Waals surface area contributed by atoms with Crippen molar-refractivity contribution in [3.05, 3.63) is 53.1 Å².